The molecule has 0 amide bonds. The minimum absolute atomic E-state index is 0.189. The fourth-order valence-corrected chi connectivity index (χ4v) is 4.43. The zero-order valence-corrected chi connectivity index (χ0v) is 17.2. The molecule has 0 aromatic heterocycles. The van der Waals surface area contributed by atoms with Crippen molar-refractivity contribution in [3.8, 4) is 0 Å². The van der Waals surface area contributed by atoms with Crippen molar-refractivity contribution in [3.05, 3.63) is 53.4 Å². The summed E-state index contributed by atoms with van der Waals surface area (Å²) in [6.07, 6.45) is 4.17. The van der Waals surface area contributed by atoms with Gasteiger partial charge >= 0.3 is 0 Å². The molecule has 0 aliphatic heterocycles. The summed E-state index contributed by atoms with van der Waals surface area (Å²) >= 11 is 0. The molecule has 1 rings (SSSR count). The maximum atomic E-state index is 14.1. The standard InChI is InChI=1S/C20H30FNO3S/c1-7-14(4)19(20(23,15(5)8-2)16(6)9-3)22-26(24,25)18-13-11-10-12-17(18)21/h8-14,19,22-23H,7H2,1-6H3/b15-8+,16-9+/t14-,19-/m0/s1. The summed E-state index contributed by atoms with van der Waals surface area (Å²) in [6, 6.07) is 4.38. The third kappa shape index (κ3) is 4.42. The minimum atomic E-state index is -4.15. The Kier molecular flexibility index (Phi) is 7.74. The van der Waals surface area contributed by atoms with Gasteiger partial charge < -0.3 is 5.11 Å². The van der Waals surface area contributed by atoms with E-state index in [1.54, 1.807) is 39.8 Å². The highest BCUT2D eigenvalue weighted by Crippen LogP contribution is 2.35. The number of sulfonamides is 1. The highest BCUT2D eigenvalue weighted by molar-refractivity contribution is 7.89. The molecule has 1 aromatic rings. The molecule has 4 nitrogen and oxygen atoms in total. The Morgan fingerprint density at radius 1 is 1.23 bits per heavy atom. The molecular weight excluding hydrogens is 353 g/mol. The molecule has 0 saturated carbocycles. The van der Waals surface area contributed by atoms with Crippen LogP contribution in [0.3, 0.4) is 0 Å². The molecule has 26 heavy (non-hydrogen) atoms. The second-order valence-corrected chi connectivity index (χ2v) is 8.31. The molecule has 0 fully saturated rings. The Morgan fingerprint density at radius 2 is 1.73 bits per heavy atom. The van der Waals surface area contributed by atoms with Crippen molar-refractivity contribution < 1.29 is 17.9 Å². The second kappa shape index (κ2) is 8.93. The first-order chi connectivity index (χ1) is 12.1. The normalized spacial score (nSPS) is 18.3. The summed E-state index contributed by atoms with van der Waals surface area (Å²) in [5, 5.41) is 11.5. The summed E-state index contributed by atoms with van der Waals surface area (Å²) in [5.41, 5.74) is -0.235. The first kappa shape index (κ1) is 22.5. The molecule has 2 N–H and O–H groups in total. The predicted octanol–water partition coefficient (Wildman–Crippen LogP) is 4.18. The summed E-state index contributed by atoms with van der Waals surface area (Å²) in [4.78, 5) is -0.424. The smallest absolute Gasteiger partial charge is 0.243 e. The monoisotopic (exact) mass is 383 g/mol. The van der Waals surface area contributed by atoms with Gasteiger partial charge in [0.15, 0.2) is 0 Å². The van der Waals surface area contributed by atoms with Crippen LogP contribution in [0.2, 0.25) is 0 Å². The number of halogens is 1. The number of benzene rings is 1. The third-order valence-electron chi connectivity index (χ3n) is 5.14. The Hall–Kier alpha value is -1.50. The van der Waals surface area contributed by atoms with Crippen molar-refractivity contribution in [1.82, 2.24) is 4.72 Å². The third-order valence-corrected chi connectivity index (χ3v) is 6.61. The van der Waals surface area contributed by atoms with Crippen LogP contribution in [-0.4, -0.2) is 25.2 Å². The van der Waals surface area contributed by atoms with Crippen LogP contribution in [0, 0.1) is 11.7 Å². The summed E-state index contributed by atoms with van der Waals surface area (Å²) < 4.78 is 42.3. The quantitative estimate of drug-likeness (QED) is 0.662. The predicted molar refractivity (Wildman–Crippen MR) is 104 cm³/mol. The van der Waals surface area contributed by atoms with Gasteiger partial charge in [-0.05, 0) is 56.9 Å². The lowest BCUT2D eigenvalue weighted by Crippen LogP contribution is -2.57. The number of rotatable bonds is 8. The number of aliphatic hydroxyl groups is 1. The lowest BCUT2D eigenvalue weighted by molar-refractivity contribution is 0.0580. The maximum absolute atomic E-state index is 14.1. The van der Waals surface area contributed by atoms with E-state index in [9.17, 15) is 17.9 Å². The molecule has 1 aromatic carbocycles. The number of hydrogen-bond donors (Lipinski definition) is 2. The molecule has 2 atom stereocenters. The van der Waals surface area contributed by atoms with E-state index in [2.05, 4.69) is 4.72 Å². The average molecular weight is 384 g/mol. The highest BCUT2D eigenvalue weighted by Gasteiger charge is 2.44. The first-order valence-electron chi connectivity index (χ1n) is 8.82. The van der Waals surface area contributed by atoms with Crippen LogP contribution in [-0.2, 0) is 10.0 Å². The van der Waals surface area contributed by atoms with Crippen molar-refractivity contribution >= 4 is 10.0 Å². The number of hydrogen-bond acceptors (Lipinski definition) is 3. The Balaban J connectivity index is 3.54. The lowest BCUT2D eigenvalue weighted by Gasteiger charge is -2.41. The Morgan fingerprint density at radius 3 is 2.15 bits per heavy atom. The van der Waals surface area contributed by atoms with Crippen LogP contribution in [0.4, 0.5) is 4.39 Å². The fourth-order valence-electron chi connectivity index (χ4n) is 2.98. The average Bonchev–Trinajstić information content (AvgIpc) is 2.63. The molecule has 0 aliphatic carbocycles. The number of nitrogens with one attached hydrogen (secondary N) is 1. The Labute approximate surface area is 156 Å². The van der Waals surface area contributed by atoms with E-state index in [1.165, 1.54) is 18.2 Å². The van der Waals surface area contributed by atoms with Gasteiger partial charge in [-0.1, -0.05) is 44.6 Å². The van der Waals surface area contributed by atoms with E-state index in [0.717, 1.165) is 6.07 Å². The van der Waals surface area contributed by atoms with Crippen molar-refractivity contribution in [1.29, 1.82) is 0 Å². The van der Waals surface area contributed by atoms with Crippen LogP contribution >= 0.6 is 0 Å². The van der Waals surface area contributed by atoms with E-state index in [1.807, 2.05) is 13.8 Å². The van der Waals surface area contributed by atoms with Gasteiger partial charge in [-0.15, -0.1) is 0 Å². The summed E-state index contributed by atoms with van der Waals surface area (Å²) in [6.45, 7) is 10.9. The van der Waals surface area contributed by atoms with E-state index < -0.39 is 32.4 Å². The van der Waals surface area contributed by atoms with Crippen LogP contribution < -0.4 is 4.72 Å². The maximum Gasteiger partial charge on any atom is 0.243 e. The van der Waals surface area contributed by atoms with E-state index in [-0.39, 0.29) is 5.92 Å². The van der Waals surface area contributed by atoms with Gasteiger partial charge in [-0.3, -0.25) is 0 Å². The van der Waals surface area contributed by atoms with Crippen LogP contribution in [0.5, 0.6) is 0 Å². The molecule has 0 heterocycles. The molecular formula is C20H30FNO3S. The SMILES string of the molecule is C/C=C(\C)C(O)(/C(C)=C/C)[C@@H](NS(=O)(=O)c1ccccc1F)[C@@H](C)CC. The molecule has 0 radical (unpaired) electrons. The molecule has 0 saturated heterocycles. The molecule has 6 heteroatoms. The zero-order chi connectivity index (χ0) is 20.1. The summed E-state index contributed by atoms with van der Waals surface area (Å²) in [7, 11) is -4.15. The van der Waals surface area contributed by atoms with Gasteiger partial charge in [0, 0.05) is 0 Å². The molecule has 0 bridgehead atoms. The molecule has 146 valence electrons. The Bertz CT molecular complexity index is 766. The van der Waals surface area contributed by atoms with Crippen LogP contribution in [0.1, 0.15) is 48.0 Å². The van der Waals surface area contributed by atoms with Gasteiger partial charge in [0.05, 0.1) is 6.04 Å². The molecule has 0 aliphatic rings. The highest BCUT2D eigenvalue weighted by atomic mass is 32.2. The first-order valence-corrected chi connectivity index (χ1v) is 10.3. The second-order valence-electron chi connectivity index (χ2n) is 6.62. The van der Waals surface area contributed by atoms with Gasteiger partial charge in [-0.25, -0.2) is 17.5 Å². The fraction of sp³-hybridized carbons (Fsp3) is 0.500. The van der Waals surface area contributed by atoms with E-state index in [4.69, 9.17) is 0 Å². The minimum Gasteiger partial charge on any atom is -0.379 e. The van der Waals surface area contributed by atoms with Gasteiger partial charge in [0.2, 0.25) is 10.0 Å². The van der Waals surface area contributed by atoms with Gasteiger partial charge in [-0.2, -0.15) is 0 Å². The summed E-state index contributed by atoms with van der Waals surface area (Å²) in [5.74, 6) is -1.01. The van der Waals surface area contributed by atoms with E-state index >= 15 is 0 Å². The molecule has 0 unspecified atom stereocenters. The lowest BCUT2D eigenvalue weighted by atomic mass is 9.75. The van der Waals surface area contributed by atoms with Crippen molar-refractivity contribution in [2.45, 2.75) is 64.5 Å². The van der Waals surface area contributed by atoms with Gasteiger partial charge in [0.25, 0.3) is 0 Å². The van der Waals surface area contributed by atoms with Crippen molar-refractivity contribution in [2.75, 3.05) is 0 Å². The van der Waals surface area contributed by atoms with E-state index in [0.29, 0.717) is 17.6 Å². The van der Waals surface area contributed by atoms with Crippen LogP contribution in [0.25, 0.3) is 0 Å². The topological polar surface area (TPSA) is 66.4 Å². The zero-order valence-electron chi connectivity index (χ0n) is 16.4. The number of allylic oxidation sites excluding steroid dienone is 2. The van der Waals surface area contributed by atoms with Crippen molar-refractivity contribution in [2.24, 2.45) is 5.92 Å². The largest absolute Gasteiger partial charge is 0.379 e. The van der Waals surface area contributed by atoms with Crippen molar-refractivity contribution in [3.63, 3.8) is 0 Å². The molecule has 0 spiro atoms. The van der Waals surface area contributed by atoms with Gasteiger partial charge in [0.1, 0.15) is 16.3 Å². The van der Waals surface area contributed by atoms with Crippen LogP contribution in [0.15, 0.2) is 52.5 Å².